The van der Waals surface area contributed by atoms with Crippen molar-refractivity contribution in [3.63, 3.8) is 0 Å². The summed E-state index contributed by atoms with van der Waals surface area (Å²) in [5, 5.41) is 32.8. The van der Waals surface area contributed by atoms with Crippen LogP contribution < -0.4 is 5.46 Å². The zero-order valence-electron chi connectivity index (χ0n) is 50.8. The second kappa shape index (κ2) is 27.2. The number of aromatic nitrogens is 3. The molecule has 0 saturated heterocycles. The van der Waals surface area contributed by atoms with Gasteiger partial charge in [0.05, 0.1) is 33.1 Å². The molecule has 0 amide bonds. The summed E-state index contributed by atoms with van der Waals surface area (Å²) in [5.41, 5.74) is 16.5. The molecule has 5 nitrogen and oxygen atoms in total. The number of benzene rings is 15. The van der Waals surface area contributed by atoms with Crippen molar-refractivity contribution in [3.8, 4) is 39.3 Å². The molecule has 0 aliphatic rings. The van der Waals surface area contributed by atoms with Gasteiger partial charge in [-0.05, 0) is 263 Å². The minimum Gasteiger partial charge on any atom is -0.423 e. The van der Waals surface area contributed by atoms with E-state index in [0.717, 1.165) is 24.2 Å². The molecule has 18 aromatic rings. The molecule has 0 bridgehead atoms. The van der Waals surface area contributed by atoms with Gasteiger partial charge in [0.15, 0.2) is 0 Å². The first-order chi connectivity index (χ1) is 46.5. The molecule has 11 heteroatoms. The fraction of sp³-hybridized carbons (Fsp3) is 0. The van der Waals surface area contributed by atoms with E-state index in [0.29, 0.717) is 5.46 Å². The Hall–Kier alpha value is -8.64. The van der Waals surface area contributed by atoms with Crippen molar-refractivity contribution in [2.24, 2.45) is 0 Å². The van der Waals surface area contributed by atoms with E-state index in [1.165, 1.54) is 133 Å². The van der Waals surface area contributed by atoms with Gasteiger partial charge in [0, 0.05) is 69.9 Å². The van der Waals surface area contributed by atoms with Gasteiger partial charge in [-0.3, -0.25) is 0 Å². The van der Waals surface area contributed by atoms with Crippen LogP contribution in [0.4, 0.5) is 0 Å². The van der Waals surface area contributed by atoms with Crippen molar-refractivity contribution in [2.45, 2.75) is 0 Å². The average molecular weight is 1640 g/mol. The minimum atomic E-state index is -1.40. The van der Waals surface area contributed by atoms with Crippen molar-refractivity contribution >= 4 is 203 Å². The summed E-state index contributed by atoms with van der Waals surface area (Å²) in [7, 11) is -1.40. The van der Waals surface area contributed by atoms with Crippen LogP contribution in [0.1, 0.15) is 0 Å². The number of fused-ring (bicyclic) bond motifs is 12. The normalized spacial score (nSPS) is 11.3. The highest BCUT2D eigenvalue weighted by Crippen LogP contribution is 2.39. The number of rotatable bonds is 6. The van der Waals surface area contributed by atoms with Crippen LogP contribution in [0.15, 0.2) is 335 Å². The van der Waals surface area contributed by atoms with Gasteiger partial charge in [0.1, 0.15) is 0 Å². The lowest BCUT2D eigenvalue weighted by molar-refractivity contribution is 0.426. The van der Waals surface area contributed by atoms with E-state index in [9.17, 15) is 0 Å². The number of hydrogen-bond acceptors (Lipinski definition) is 2. The highest BCUT2D eigenvalue weighted by Gasteiger charge is 2.17. The fourth-order valence-electron chi connectivity index (χ4n) is 13.0. The van der Waals surface area contributed by atoms with E-state index >= 15 is 0 Å². The maximum Gasteiger partial charge on any atom is 0.488 e. The SMILES string of the molecule is Brc1ccc2cc(-c3ccc4c(c3)c3cc(I)ccc3n4-c3ccccc3)ccc2c1.Brc1ccc2cc(-c3ccc4c(c3)c3ccccc3n4-c3ccccc3)ccc2c1.Ic1ccc2c(c1)c1ccccc1n2-c1ccccc1.OB(O)c1ccc2cc(Br)ccc2c1. The van der Waals surface area contributed by atoms with E-state index < -0.39 is 7.12 Å². The predicted octanol–water partition coefficient (Wildman–Crippen LogP) is 24.0. The van der Waals surface area contributed by atoms with Crippen LogP contribution in [-0.4, -0.2) is 30.9 Å². The summed E-state index contributed by atoms with van der Waals surface area (Å²) in [6, 6.07) is 113. The summed E-state index contributed by atoms with van der Waals surface area (Å²) in [5.74, 6) is 0. The summed E-state index contributed by atoms with van der Waals surface area (Å²) in [6.45, 7) is 0. The third-order valence-corrected chi connectivity index (χ3v) is 20.3. The van der Waals surface area contributed by atoms with Crippen molar-refractivity contribution in [1.29, 1.82) is 0 Å². The Labute approximate surface area is 602 Å². The van der Waals surface area contributed by atoms with Crippen LogP contribution in [-0.2, 0) is 0 Å². The topological polar surface area (TPSA) is 55.2 Å². The number of hydrogen-bond donors (Lipinski definition) is 2. The molecule has 0 atom stereocenters. The summed E-state index contributed by atoms with van der Waals surface area (Å²) < 4.78 is 12.8. The number of nitrogens with zero attached hydrogens (tertiary/aromatic N) is 3. The van der Waals surface area contributed by atoms with Gasteiger partial charge in [-0.25, -0.2) is 0 Å². The van der Waals surface area contributed by atoms with Crippen LogP contribution in [0.3, 0.4) is 0 Å². The molecule has 15 aromatic carbocycles. The van der Waals surface area contributed by atoms with E-state index in [1.54, 1.807) is 12.1 Å². The molecule has 0 aliphatic carbocycles. The Morgan fingerprint density at radius 2 is 0.526 bits per heavy atom. The third-order valence-electron chi connectivity index (χ3n) is 17.5. The van der Waals surface area contributed by atoms with Crippen molar-refractivity contribution < 1.29 is 10.0 Å². The largest absolute Gasteiger partial charge is 0.488 e. The Kier molecular flexibility index (Phi) is 17.9. The first-order valence-corrected chi connectivity index (χ1v) is 35.6. The van der Waals surface area contributed by atoms with E-state index in [4.69, 9.17) is 10.0 Å². The molecule has 95 heavy (non-hydrogen) atoms. The van der Waals surface area contributed by atoms with Gasteiger partial charge in [0.2, 0.25) is 0 Å². The summed E-state index contributed by atoms with van der Waals surface area (Å²) in [4.78, 5) is 0. The first kappa shape index (κ1) is 62.5. The quantitative estimate of drug-likeness (QED) is 0.129. The molecule has 18 rings (SSSR count). The van der Waals surface area contributed by atoms with E-state index in [-0.39, 0.29) is 0 Å². The number of para-hydroxylation sites is 5. The lowest BCUT2D eigenvalue weighted by Gasteiger charge is -2.08. The van der Waals surface area contributed by atoms with Crippen molar-refractivity contribution in [3.05, 3.63) is 342 Å². The Morgan fingerprint density at radius 1 is 0.242 bits per heavy atom. The molecule has 0 unspecified atom stereocenters. The number of halogens is 5. The highest BCUT2D eigenvalue weighted by atomic mass is 127. The third kappa shape index (κ3) is 12.8. The molecular weight excluding hydrogens is 1590 g/mol. The molecule has 0 spiro atoms. The Morgan fingerprint density at radius 3 is 0.937 bits per heavy atom. The van der Waals surface area contributed by atoms with Gasteiger partial charge in [0.25, 0.3) is 0 Å². The molecule has 0 radical (unpaired) electrons. The van der Waals surface area contributed by atoms with E-state index in [1.807, 2.05) is 24.3 Å². The fourth-order valence-corrected chi connectivity index (χ4v) is 15.1. The van der Waals surface area contributed by atoms with Crippen molar-refractivity contribution in [1.82, 2.24) is 13.7 Å². The molecule has 0 fully saturated rings. The monoisotopic (exact) mass is 1640 g/mol. The zero-order chi connectivity index (χ0) is 64.7. The van der Waals surface area contributed by atoms with Gasteiger partial charge >= 0.3 is 7.12 Å². The lowest BCUT2D eigenvalue weighted by Crippen LogP contribution is -2.29. The van der Waals surface area contributed by atoms with Gasteiger partial charge in [-0.2, -0.15) is 0 Å². The average Bonchev–Trinajstić information content (AvgIpc) is 1.61. The van der Waals surface area contributed by atoms with Crippen LogP contribution in [0.2, 0.25) is 0 Å². The minimum absolute atomic E-state index is 0.514. The smallest absolute Gasteiger partial charge is 0.423 e. The van der Waals surface area contributed by atoms with Gasteiger partial charge in [-0.15, -0.1) is 0 Å². The molecule has 0 saturated carbocycles. The van der Waals surface area contributed by atoms with Crippen LogP contribution in [0.5, 0.6) is 0 Å². The first-order valence-electron chi connectivity index (χ1n) is 31.0. The van der Waals surface area contributed by atoms with Crippen LogP contribution in [0, 0.1) is 7.14 Å². The molecule has 2 N–H and O–H groups in total. The Bertz CT molecular complexity index is 5920. The molecule has 456 valence electrons. The lowest BCUT2D eigenvalue weighted by atomic mass is 9.79. The summed E-state index contributed by atoms with van der Waals surface area (Å²) in [6.07, 6.45) is 0. The highest BCUT2D eigenvalue weighted by molar-refractivity contribution is 14.1. The molecule has 0 aliphatic heterocycles. The van der Waals surface area contributed by atoms with Crippen LogP contribution >= 0.6 is 93.0 Å². The van der Waals surface area contributed by atoms with Gasteiger partial charge in [-0.1, -0.05) is 212 Å². The maximum absolute atomic E-state index is 8.98. The standard InChI is InChI=1S/C28H17BrIN.C28H18BrN.C18H12IN.C10H8BBrO2/c29-22-10-8-19-14-18(6-7-20(19)15-22)21-9-12-27-25(16-21)26-17-23(30)11-13-28(26)31(27)24-4-2-1-3-5-24;29-23-14-12-20-16-19(10-11-21(20)17-23)22-13-15-28-26(18-22)25-8-4-5-9-27(25)30(28)24-6-2-1-3-7-24;19-13-10-11-18-16(12-13)15-8-4-5-9-17(15)20(18)14-6-2-1-3-7-14;12-10-4-2-7-5-9(11(13)14)3-1-8(7)6-10/h1-17H;1-18H;1-12H;1-6,13-14H. The second-order valence-corrected chi connectivity index (χ2v) is 28.6. The maximum atomic E-state index is 8.98. The second-order valence-electron chi connectivity index (χ2n) is 23.4. The van der Waals surface area contributed by atoms with Crippen molar-refractivity contribution in [2.75, 3.05) is 0 Å². The van der Waals surface area contributed by atoms with Crippen LogP contribution in [0.25, 0.3) is 137 Å². The molecule has 3 aromatic heterocycles. The van der Waals surface area contributed by atoms with Gasteiger partial charge < -0.3 is 23.7 Å². The van der Waals surface area contributed by atoms with E-state index in [2.05, 4.69) is 392 Å². The predicted molar refractivity (Wildman–Crippen MR) is 431 cm³/mol. The zero-order valence-corrected chi connectivity index (χ0v) is 59.9. The molecular formula is C84H55BBr3I2N3O2. The summed E-state index contributed by atoms with van der Waals surface area (Å²) >= 11 is 15.3. The molecule has 3 heterocycles. The Balaban J connectivity index is 0.000000109.